The van der Waals surface area contributed by atoms with Crippen LogP contribution >= 0.6 is 0 Å². The number of hydrogen-bond donors (Lipinski definition) is 1. The summed E-state index contributed by atoms with van der Waals surface area (Å²) in [5.41, 5.74) is -0.628. The molecule has 1 fully saturated rings. The van der Waals surface area contributed by atoms with Crippen molar-refractivity contribution >= 4 is 5.97 Å². The number of pyridine rings is 1. The van der Waals surface area contributed by atoms with Gasteiger partial charge in [0.2, 0.25) is 0 Å². The first-order chi connectivity index (χ1) is 8.65. The van der Waals surface area contributed by atoms with Crippen molar-refractivity contribution in [1.82, 2.24) is 4.57 Å². The standard InChI is InChI=1S/C13H17NO4/c1-18-11-7-3-2-6-10(11)14-8-4-5-9(12(14)15)13(16)17/h4-5,8,10-11H,2-3,6-7H2,1H3,(H,16,17)/t10-,11+/m0/s1. The number of carbonyl (C=O) groups is 1. The fourth-order valence-corrected chi connectivity index (χ4v) is 2.60. The lowest BCUT2D eigenvalue weighted by Crippen LogP contribution is -2.37. The van der Waals surface area contributed by atoms with E-state index < -0.39 is 11.5 Å². The summed E-state index contributed by atoms with van der Waals surface area (Å²) in [6.45, 7) is 0. The van der Waals surface area contributed by atoms with Gasteiger partial charge in [0, 0.05) is 13.3 Å². The first-order valence-corrected chi connectivity index (χ1v) is 6.12. The van der Waals surface area contributed by atoms with Crippen molar-refractivity contribution in [2.75, 3.05) is 7.11 Å². The van der Waals surface area contributed by atoms with E-state index in [9.17, 15) is 9.59 Å². The van der Waals surface area contributed by atoms with Crippen molar-refractivity contribution in [1.29, 1.82) is 0 Å². The Morgan fingerprint density at radius 2 is 2.17 bits per heavy atom. The van der Waals surface area contributed by atoms with Crippen LogP contribution in [-0.2, 0) is 4.74 Å². The third-order valence-electron chi connectivity index (χ3n) is 3.53. The zero-order valence-corrected chi connectivity index (χ0v) is 10.3. The van der Waals surface area contributed by atoms with Gasteiger partial charge < -0.3 is 14.4 Å². The van der Waals surface area contributed by atoms with Crippen molar-refractivity contribution in [3.05, 3.63) is 34.2 Å². The maximum Gasteiger partial charge on any atom is 0.341 e. The van der Waals surface area contributed by atoms with Gasteiger partial charge in [0.05, 0.1) is 12.1 Å². The normalized spacial score (nSPS) is 23.8. The van der Waals surface area contributed by atoms with Gasteiger partial charge in [0.1, 0.15) is 5.56 Å². The molecule has 0 bridgehead atoms. The zero-order chi connectivity index (χ0) is 13.1. The summed E-state index contributed by atoms with van der Waals surface area (Å²) in [6, 6.07) is 2.88. The highest BCUT2D eigenvalue weighted by Gasteiger charge is 2.27. The Bertz CT molecular complexity index is 494. The zero-order valence-electron chi connectivity index (χ0n) is 10.3. The molecule has 18 heavy (non-hydrogen) atoms. The van der Waals surface area contributed by atoms with Crippen molar-refractivity contribution in [2.24, 2.45) is 0 Å². The first kappa shape index (κ1) is 12.8. The molecule has 0 unspecified atom stereocenters. The SMILES string of the molecule is CO[C@@H]1CCCC[C@@H]1n1cccc(C(=O)O)c1=O. The van der Waals surface area contributed by atoms with Gasteiger partial charge in [-0.05, 0) is 25.0 Å². The molecule has 2 rings (SSSR count). The Labute approximate surface area is 105 Å². The van der Waals surface area contributed by atoms with Crippen LogP contribution in [0.2, 0.25) is 0 Å². The molecule has 1 heterocycles. The van der Waals surface area contributed by atoms with E-state index in [4.69, 9.17) is 9.84 Å². The van der Waals surface area contributed by atoms with E-state index in [1.807, 2.05) is 0 Å². The van der Waals surface area contributed by atoms with Gasteiger partial charge in [0.15, 0.2) is 0 Å². The van der Waals surface area contributed by atoms with Gasteiger partial charge in [-0.25, -0.2) is 4.79 Å². The Balaban J connectivity index is 2.41. The maximum atomic E-state index is 12.1. The van der Waals surface area contributed by atoms with Crippen LogP contribution in [0.3, 0.4) is 0 Å². The van der Waals surface area contributed by atoms with E-state index in [0.29, 0.717) is 0 Å². The fraction of sp³-hybridized carbons (Fsp3) is 0.538. The van der Waals surface area contributed by atoms with Crippen LogP contribution in [0.5, 0.6) is 0 Å². The predicted octanol–water partition coefficient (Wildman–Crippen LogP) is 1.68. The second kappa shape index (κ2) is 5.35. The van der Waals surface area contributed by atoms with E-state index in [2.05, 4.69) is 0 Å². The molecule has 2 atom stereocenters. The van der Waals surface area contributed by atoms with Crippen LogP contribution in [0, 0.1) is 0 Å². The first-order valence-electron chi connectivity index (χ1n) is 6.12. The molecule has 1 aliphatic rings. The number of hydrogen-bond acceptors (Lipinski definition) is 3. The second-order valence-electron chi connectivity index (χ2n) is 4.57. The van der Waals surface area contributed by atoms with Gasteiger partial charge in [0.25, 0.3) is 5.56 Å². The highest BCUT2D eigenvalue weighted by Crippen LogP contribution is 2.29. The molecule has 1 aromatic heterocycles. The molecule has 0 saturated heterocycles. The minimum atomic E-state index is -1.18. The van der Waals surface area contributed by atoms with Gasteiger partial charge >= 0.3 is 5.97 Å². The molecule has 5 heteroatoms. The Morgan fingerprint density at radius 1 is 1.44 bits per heavy atom. The summed E-state index contributed by atoms with van der Waals surface area (Å²) in [6.07, 6.45) is 5.51. The quantitative estimate of drug-likeness (QED) is 0.887. The summed E-state index contributed by atoms with van der Waals surface area (Å²) >= 11 is 0. The van der Waals surface area contributed by atoms with E-state index in [1.165, 1.54) is 10.6 Å². The molecular weight excluding hydrogens is 234 g/mol. The van der Waals surface area contributed by atoms with E-state index >= 15 is 0 Å². The van der Waals surface area contributed by atoms with E-state index in [1.54, 1.807) is 19.4 Å². The number of rotatable bonds is 3. The monoisotopic (exact) mass is 251 g/mol. The molecule has 0 spiro atoms. The number of carboxylic acid groups (broad SMARTS) is 1. The number of aromatic carboxylic acids is 1. The fourth-order valence-electron chi connectivity index (χ4n) is 2.60. The highest BCUT2D eigenvalue weighted by molar-refractivity contribution is 5.86. The number of aromatic nitrogens is 1. The molecule has 0 aromatic carbocycles. The molecule has 0 radical (unpaired) electrons. The van der Waals surface area contributed by atoms with Crippen molar-refractivity contribution in [3.8, 4) is 0 Å². The molecular formula is C13H17NO4. The largest absolute Gasteiger partial charge is 0.477 e. The van der Waals surface area contributed by atoms with Crippen LogP contribution in [0.1, 0.15) is 42.1 Å². The van der Waals surface area contributed by atoms with Crippen molar-refractivity contribution < 1.29 is 14.6 Å². The molecule has 1 N–H and O–H groups in total. The topological polar surface area (TPSA) is 68.5 Å². The average Bonchev–Trinajstić information content (AvgIpc) is 2.38. The third kappa shape index (κ3) is 2.31. The average molecular weight is 251 g/mol. The number of nitrogens with zero attached hydrogens (tertiary/aromatic N) is 1. The minimum Gasteiger partial charge on any atom is -0.477 e. The van der Waals surface area contributed by atoms with Crippen LogP contribution in [0.4, 0.5) is 0 Å². The van der Waals surface area contributed by atoms with Crippen molar-refractivity contribution in [3.63, 3.8) is 0 Å². The van der Waals surface area contributed by atoms with Crippen LogP contribution < -0.4 is 5.56 Å². The van der Waals surface area contributed by atoms with Crippen LogP contribution in [0.25, 0.3) is 0 Å². The molecule has 0 aliphatic heterocycles. The Hall–Kier alpha value is -1.62. The smallest absolute Gasteiger partial charge is 0.341 e. The molecule has 5 nitrogen and oxygen atoms in total. The van der Waals surface area contributed by atoms with E-state index in [-0.39, 0.29) is 17.7 Å². The lowest BCUT2D eigenvalue weighted by Gasteiger charge is -2.31. The van der Waals surface area contributed by atoms with Gasteiger partial charge in [-0.15, -0.1) is 0 Å². The summed E-state index contributed by atoms with van der Waals surface area (Å²) in [4.78, 5) is 23.1. The maximum absolute atomic E-state index is 12.1. The summed E-state index contributed by atoms with van der Waals surface area (Å²) < 4.78 is 6.92. The lowest BCUT2D eigenvalue weighted by atomic mass is 9.92. The molecule has 1 saturated carbocycles. The van der Waals surface area contributed by atoms with Gasteiger partial charge in [-0.2, -0.15) is 0 Å². The molecule has 0 amide bonds. The Kier molecular flexibility index (Phi) is 3.81. The molecule has 98 valence electrons. The predicted molar refractivity (Wildman–Crippen MR) is 66.0 cm³/mol. The highest BCUT2D eigenvalue weighted by atomic mass is 16.5. The minimum absolute atomic E-state index is 0.0134. The lowest BCUT2D eigenvalue weighted by molar-refractivity contribution is 0.0275. The molecule has 1 aliphatic carbocycles. The van der Waals surface area contributed by atoms with Crippen LogP contribution in [0.15, 0.2) is 23.1 Å². The number of carboxylic acids is 1. The Morgan fingerprint density at radius 3 is 2.83 bits per heavy atom. The van der Waals surface area contributed by atoms with Crippen molar-refractivity contribution in [2.45, 2.75) is 37.8 Å². The summed E-state index contributed by atoms with van der Waals surface area (Å²) in [5.74, 6) is -1.18. The van der Waals surface area contributed by atoms with Gasteiger partial charge in [-0.1, -0.05) is 12.8 Å². The second-order valence-corrected chi connectivity index (χ2v) is 4.57. The number of methoxy groups -OCH3 is 1. The summed E-state index contributed by atoms with van der Waals surface area (Å²) in [7, 11) is 1.63. The van der Waals surface area contributed by atoms with Crippen LogP contribution in [-0.4, -0.2) is 28.9 Å². The molecule has 1 aromatic rings. The van der Waals surface area contributed by atoms with E-state index in [0.717, 1.165) is 25.7 Å². The third-order valence-corrected chi connectivity index (χ3v) is 3.53. The summed E-state index contributed by atoms with van der Waals surface area (Å²) in [5, 5.41) is 8.97. The number of ether oxygens (including phenoxy) is 1. The van der Waals surface area contributed by atoms with Gasteiger partial charge in [-0.3, -0.25) is 4.79 Å².